The molecule has 8 nitrogen and oxygen atoms in total. The quantitative estimate of drug-likeness (QED) is 0.361. The van der Waals surface area contributed by atoms with Crippen LogP contribution in [0.2, 0.25) is 0 Å². The topological polar surface area (TPSA) is 100 Å². The second kappa shape index (κ2) is 10.7. The summed E-state index contributed by atoms with van der Waals surface area (Å²) in [5.74, 6) is -2.75. The van der Waals surface area contributed by atoms with Gasteiger partial charge in [0.1, 0.15) is 18.3 Å². The minimum atomic E-state index is -0.933. The van der Waals surface area contributed by atoms with Crippen molar-refractivity contribution >= 4 is 17.7 Å². The van der Waals surface area contributed by atoms with Gasteiger partial charge in [-0.25, -0.2) is 4.79 Å². The zero-order chi connectivity index (χ0) is 24.1. The number of rotatable bonds is 8. The number of methoxy groups -OCH3 is 2. The van der Waals surface area contributed by atoms with Crippen molar-refractivity contribution in [3.05, 3.63) is 52.4 Å². The van der Waals surface area contributed by atoms with Crippen molar-refractivity contribution in [1.82, 2.24) is 5.32 Å². The van der Waals surface area contributed by atoms with Crippen molar-refractivity contribution in [3.63, 3.8) is 0 Å². The Morgan fingerprint density at radius 3 is 2.61 bits per heavy atom. The maximum Gasteiger partial charge on any atom is 0.336 e. The molecule has 0 unspecified atom stereocenters. The fourth-order valence-corrected chi connectivity index (χ4v) is 4.52. The Bertz CT molecular complexity index is 994. The molecule has 0 radical (unpaired) electrons. The predicted octanol–water partition coefficient (Wildman–Crippen LogP) is 2.89. The first-order valence-corrected chi connectivity index (χ1v) is 11.1. The molecule has 1 aromatic carbocycles. The SMILES string of the molecule is CCOCCOC(=O)C1=C(C)NC2=C(C(=O)[C@@H](C(=O)OC)[C@H](C)C2)[C@@H]1c1cccc(OC)c1. The lowest BCUT2D eigenvalue weighted by atomic mass is 9.69. The molecule has 3 atom stereocenters. The molecule has 0 saturated carbocycles. The number of carbonyl (C=O) groups is 3. The Morgan fingerprint density at radius 1 is 1.18 bits per heavy atom. The number of allylic oxidation sites excluding steroid dienone is 3. The molecule has 8 heteroatoms. The van der Waals surface area contributed by atoms with Crippen LogP contribution in [0.4, 0.5) is 0 Å². The van der Waals surface area contributed by atoms with Crippen LogP contribution in [-0.4, -0.2) is 51.8 Å². The van der Waals surface area contributed by atoms with Crippen molar-refractivity contribution in [1.29, 1.82) is 0 Å². The smallest absolute Gasteiger partial charge is 0.336 e. The lowest BCUT2D eigenvalue weighted by Gasteiger charge is -2.38. The standard InChI is InChI=1S/C25H31NO7/c1-6-32-10-11-33-25(29)20-15(3)26-18-12-14(2)19(24(28)31-5)23(27)22(18)21(20)16-8-7-9-17(13-16)30-4/h7-9,13-14,19,21,26H,6,10-12H2,1-5H3/t14-,19+,21-/m1/s1. The van der Waals surface area contributed by atoms with Crippen molar-refractivity contribution in [2.24, 2.45) is 11.8 Å². The molecular weight excluding hydrogens is 426 g/mol. The molecule has 3 rings (SSSR count). The minimum absolute atomic E-state index is 0.0932. The largest absolute Gasteiger partial charge is 0.497 e. The van der Waals surface area contributed by atoms with Gasteiger partial charge in [-0.05, 0) is 43.9 Å². The molecule has 33 heavy (non-hydrogen) atoms. The molecule has 0 amide bonds. The van der Waals surface area contributed by atoms with E-state index in [2.05, 4.69) is 5.32 Å². The molecule has 0 fully saturated rings. The van der Waals surface area contributed by atoms with Crippen LogP contribution < -0.4 is 10.1 Å². The van der Waals surface area contributed by atoms with Crippen LogP contribution in [0.25, 0.3) is 0 Å². The zero-order valence-corrected chi connectivity index (χ0v) is 19.7. The summed E-state index contributed by atoms with van der Waals surface area (Å²) in [5.41, 5.74) is 2.73. The Kier molecular flexibility index (Phi) is 7.92. The van der Waals surface area contributed by atoms with Crippen LogP contribution in [0.5, 0.6) is 5.75 Å². The molecule has 1 heterocycles. The van der Waals surface area contributed by atoms with E-state index in [0.717, 1.165) is 0 Å². The Morgan fingerprint density at radius 2 is 1.94 bits per heavy atom. The second-order valence-electron chi connectivity index (χ2n) is 8.14. The lowest BCUT2D eigenvalue weighted by Crippen LogP contribution is -2.43. The lowest BCUT2D eigenvalue weighted by molar-refractivity contribution is -0.151. The van der Waals surface area contributed by atoms with E-state index in [9.17, 15) is 14.4 Å². The average Bonchev–Trinajstić information content (AvgIpc) is 2.80. The van der Waals surface area contributed by atoms with Gasteiger partial charge in [0.25, 0.3) is 0 Å². The van der Waals surface area contributed by atoms with Crippen LogP contribution in [0.1, 0.15) is 38.7 Å². The number of hydrogen-bond acceptors (Lipinski definition) is 8. The van der Waals surface area contributed by atoms with Crippen LogP contribution >= 0.6 is 0 Å². The van der Waals surface area contributed by atoms with Crippen LogP contribution in [0.3, 0.4) is 0 Å². The van der Waals surface area contributed by atoms with Gasteiger partial charge in [-0.1, -0.05) is 19.1 Å². The molecule has 1 N–H and O–H groups in total. The highest BCUT2D eigenvalue weighted by molar-refractivity contribution is 6.12. The van der Waals surface area contributed by atoms with Crippen LogP contribution in [0, 0.1) is 11.8 Å². The van der Waals surface area contributed by atoms with Gasteiger partial charge in [0, 0.05) is 29.5 Å². The van der Waals surface area contributed by atoms with Gasteiger partial charge in [-0.3, -0.25) is 9.59 Å². The maximum absolute atomic E-state index is 13.7. The number of ketones is 1. The van der Waals surface area contributed by atoms with E-state index < -0.39 is 23.8 Å². The number of dihydropyridines is 1. The summed E-state index contributed by atoms with van der Waals surface area (Å²) in [6.45, 7) is 6.39. The highest BCUT2D eigenvalue weighted by atomic mass is 16.6. The number of ether oxygens (including phenoxy) is 4. The van der Waals surface area contributed by atoms with Gasteiger partial charge >= 0.3 is 11.9 Å². The number of Topliss-reactive ketones (excluding diaryl/α,β-unsaturated/α-hetero) is 1. The molecule has 0 spiro atoms. The molecular formula is C25H31NO7. The number of carbonyl (C=O) groups excluding carboxylic acids is 3. The van der Waals surface area contributed by atoms with Crippen molar-refractivity contribution in [2.75, 3.05) is 34.0 Å². The summed E-state index contributed by atoms with van der Waals surface area (Å²) in [4.78, 5) is 39.3. The molecule has 1 aromatic rings. The monoisotopic (exact) mass is 457 g/mol. The van der Waals surface area contributed by atoms with Gasteiger partial charge < -0.3 is 24.3 Å². The van der Waals surface area contributed by atoms with E-state index in [4.69, 9.17) is 18.9 Å². The Balaban J connectivity index is 2.09. The highest BCUT2D eigenvalue weighted by Crippen LogP contribution is 2.45. The van der Waals surface area contributed by atoms with Gasteiger partial charge in [-0.2, -0.15) is 0 Å². The molecule has 178 valence electrons. The predicted molar refractivity (Wildman–Crippen MR) is 120 cm³/mol. The first kappa shape index (κ1) is 24.5. The van der Waals surface area contributed by atoms with Gasteiger partial charge in [0.15, 0.2) is 5.78 Å². The van der Waals surface area contributed by atoms with Gasteiger partial charge in [0.05, 0.1) is 26.4 Å². The summed E-state index contributed by atoms with van der Waals surface area (Å²) in [7, 11) is 2.83. The summed E-state index contributed by atoms with van der Waals surface area (Å²) in [5, 5.41) is 3.24. The third-order valence-electron chi connectivity index (χ3n) is 6.06. The van der Waals surface area contributed by atoms with E-state index in [-0.39, 0.29) is 24.9 Å². The fourth-order valence-electron chi connectivity index (χ4n) is 4.52. The van der Waals surface area contributed by atoms with Crippen molar-refractivity contribution in [3.8, 4) is 5.75 Å². The van der Waals surface area contributed by atoms with E-state index >= 15 is 0 Å². The summed E-state index contributed by atoms with van der Waals surface area (Å²) < 4.78 is 21.0. The average molecular weight is 458 g/mol. The Labute approximate surface area is 193 Å². The first-order valence-electron chi connectivity index (χ1n) is 11.1. The molecule has 1 aliphatic heterocycles. The number of benzene rings is 1. The first-order chi connectivity index (χ1) is 15.8. The third kappa shape index (κ3) is 4.95. The number of hydrogen-bond donors (Lipinski definition) is 1. The number of nitrogens with one attached hydrogen (secondary N) is 1. The van der Waals surface area contributed by atoms with Crippen LogP contribution in [-0.2, 0) is 28.6 Å². The van der Waals surface area contributed by atoms with E-state index in [1.165, 1.54) is 7.11 Å². The van der Waals surface area contributed by atoms with Crippen LogP contribution in [0.15, 0.2) is 46.8 Å². The molecule has 2 aliphatic rings. The minimum Gasteiger partial charge on any atom is -0.497 e. The third-order valence-corrected chi connectivity index (χ3v) is 6.06. The molecule has 1 aliphatic carbocycles. The molecule has 0 bridgehead atoms. The molecule has 0 saturated heterocycles. The number of esters is 2. The maximum atomic E-state index is 13.7. The Hall–Kier alpha value is -3.13. The van der Waals surface area contributed by atoms with Gasteiger partial charge in [0.2, 0.25) is 0 Å². The zero-order valence-electron chi connectivity index (χ0n) is 19.7. The normalized spacial score (nSPS) is 22.5. The van der Waals surface area contributed by atoms with Crippen molar-refractivity contribution < 1.29 is 33.3 Å². The van der Waals surface area contributed by atoms with E-state index in [1.54, 1.807) is 32.2 Å². The summed E-state index contributed by atoms with van der Waals surface area (Å²) >= 11 is 0. The fraction of sp³-hybridized carbons (Fsp3) is 0.480. The van der Waals surface area contributed by atoms with Gasteiger partial charge in [-0.15, -0.1) is 0 Å². The summed E-state index contributed by atoms with van der Waals surface area (Å²) in [6.07, 6.45) is 0.477. The van der Waals surface area contributed by atoms with Crippen molar-refractivity contribution in [2.45, 2.75) is 33.1 Å². The summed E-state index contributed by atoms with van der Waals surface area (Å²) in [6, 6.07) is 7.22. The highest BCUT2D eigenvalue weighted by Gasteiger charge is 2.47. The van der Waals surface area contributed by atoms with E-state index in [1.807, 2.05) is 19.9 Å². The second-order valence-corrected chi connectivity index (χ2v) is 8.14. The van der Waals surface area contributed by atoms with E-state index in [0.29, 0.717) is 46.9 Å². The molecule has 0 aromatic heterocycles.